The third kappa shape index (κ3) is 2.51. The highest BCUT2D eigenvalue weighted by Crippen LogP contribution is 2.42. The molecular weight excluding hydrogens is 248 g/mol. The number of nitrogens with zero attached hydrogens (tertiary/aromatic N) is 1. The normalized spacial score (nSPS) is 21.2. The lowest BCUT2D eigenvalue weighted by atomic mass is 9.78. The first-order valence-corrected chi connectivity index (χ1v) is 7.04. The van der Waals surface area contributed by atoms with Crippen LogP contribution < -0.4 is 5.32 Å². The summed E-state index contributed by atoms with van der Waals surface area (Å²) in [4.78, 5) is 16.2. The summed E-state index contributed by atoms with van der Waals surface area (Å²) in [6.45, 7) is 0. The number of carbonyl (C=O) groups is 1. The zero-order chi connectivity index (χ0) is 12.5. The first-order valence-electron chi connectivity index (χ1n) is 6.66. The lowest BCUT2D eigenvalue weighted by molar-refractivity contribution is 0.0884. The van der Waals surface area contributed by atoms with Crippen LogP contribution >= 0.6 is 11.6 Å². The van der Waals surface area contributed by atoms with Gasteiger partial charge in [0.25, 0.3) is 5.91 Å². The molecule has 1 N–H and O–H groups in total. The molecule has 4 heteroatoms. The SMILES string of the molecule is O=C(NC(C1CCC1)C1CC1)c1cc(Cl)ccn1. The monoisotopic (exact) mass is 264 g/mol. The molecule has 0 spiro atoms. The number of aromatic nitrogens is 1. The molecule has 2 fully saturated rings. The van der Waals surface area contributed by atoms with Gasteiger partial charge in [-0.2, -0.15) is 0 Å². The molecule has 0 bridgehead atoms. The van der Waals surface area contributed by atoms with Gasteiger partial charge in [0.2, 0.25) is 0 Å². The Morgan fingerprint density at radius 2 is 2.06 bits per heavy atom. The second kappa shape index (κ2) is 4.88. The van der Waals surface area contributed by atoms with Gasteiger partial charge in [0.05, 0.1) is 0 Å². The van der Waals surface area contributed by atoms with Gasteiger partial charge in [-0.05, 0) is 49.7 Å². The van der Waals surface area contributed by atoms with Gasteiger partial charge in [-0.15, -0.1) is 0 Å². The summed E-state index contributed by atoms with van der Waals surface area (Å²) < 4.78 is 0. The summed E-state index contributed by atoms with van der Waals surface area (Å²) in [5.74, 6) is 1.29. The molecule has 18 heavy (non-hydrogen) atoms. The highest BCUT2D eigenvalue weighted by Gasteiger charge is 2.39. The van der Waals surface area contributed by atoms with E-state index >= 15 is 0 Å². The number of hydrogen-bond donors (Lipinski definition) is 1. The van der Waals surface area contributed by atoms with Gasteiger partial charge >= 0.3 is 0 Å². The number of nitrogens with one attached hydrogen (secondary N) is 1. The van der Waals surface area contributed by atoms with Crippen molar-refractivity contribution in [3.63, 3.8) is 0 Å². The number of pyridine rings is 1. The Morgan fingerprint density at radius 1 is 1.33 bits per heavy atom. The third-order valence-electron chi connectivity index (χ3n) is 4.04. The maximum atomic E-state index is 12.2. The fourth-order valence-corrected chi connectivity index (χ4v) is 2.79. The van der Waals surface area contributed by atoms with Crippen LogP contribution in [-0.2, 0) is 0 Å². The lowest BCUT2D eigenvalue weighted by Crippen LogP contribution is -2.44. The van der Waals surface area contributed by atoms with Crippen LogP contribution in [0.5, 0.6) is 0 Å². The summed E-state index contributed by atoms with van der Waals surface area (Å²) in [7, 11) is 0. The summed E-state index contributed by atoms with van der Waals surface area (Å²) >= 11 is 5.88. The molecule has 3 rings (SSSR count). The molecule has 0 aliphatic heterocycles. The number of rotatable bonds is 4. The Hall–Kier alpha value is -1.09. The number of halogens is 1. The van der Waals surface area contributed by atoms with Crippen LogP contribution in [0.25, 0.3) is 0 Å². The fourth-order valence-electron chi connectivity index (χ4n) is 2.63. The van der Waals surface area contributed by atoms with Gasteiger partial charge in [-0.1, -0.05) is 18.0 Å². The van der Waals surface area contributed by atoms with Gasteiger partial charge in [-0.3, -0.25) is 9.78 Å². The van der Waals surface area contributed by atoms with Crippen LogP contribution in [0.3, 0.4) is 0 Å². The molecule has 0 aromatic carbocycles. The van der Waals surface area contributed by atoms with Crippen molar-refractivity contribution in [3.8, 4) is 0 Å². The van der Waals surface area contributed by atoms with Gasteiger partial charge < -0.3 is 5.32 Å². The molecule has 0 saturated heterocycles. The van der Waals surface area contributed by atoms with E-state index in [9.17, 15) is 4.79 Å². The second-order valence-electron chi connectivity index (χ2n) is 5.39. The van der Waals surface area contributed by atoms with Crippen molar-refractivity contribution < 1.29 is 4.79 Å². The average molecular weight is 265 g/mol. The summed E-state index contributed by atoms with van der Waals surface area (Å²) in [5.41, 5.74) is 0.424. The highest BCUT2D eigenvalue weighted by molar-refractivity contribution is 6.30. The van der Waals surface area contributed by atoms with E-state index in [1.165, 1.54) is 32.1 Å². The molecule has 1 atom stereocenters. The van der Waals surface area contributed by atoms with Crippen molar-refractivity contribution >= 4 is 17.5 Å². The Balaban J connectivity index is 1.68. The van der Waals surface area contributed by atoms with E-state index < -0.39 is 0 Å². The molecule has 1 amide bonds. The lowest BCUT2D eigenvalue weighted by Gasteiger charge is -2.34. The molecule has 2 saturated carbocycles. The van der Waals surface area contributed by atoms with E-state index in [2.05, 4.69) is 10.3 Å². The zero-order valence-corrected chi connectivity index (χ0v) is 11.0. The fraction of sp³-hybridized carbons (Fsp3) is 0.571. The van der Waals surface area contributed by atoms with Crippen molar-refractivity contribution in [2.45, 2.75) is 38.1 Å². The molecule has 1 aromatic rings. The van der Waals surface area contributed by atoms with Crippen LogP contribution in [0.1, 0.15) is 42.6 Å². The molecule has 0 radical (unpaired) electrons. The Kier molecular flexibility index (Phi) is 3.25. The van der Waals surface area contributed by atoms with Crippen molar-refractivity contribution in [2.75, 3.05) is 0 Å². The minimum absolute atomic E-state index is 0.0821. The highest BCUT2D eigenvalue weighted by atomic mass is 35.5. The molecule has 1 aromatic heterocycles. The van der Waals surface area contributed by atoms with Crippen molar-refractivity contribution in [1.82, 2.24) is 10.3 Å². The predicted octanol–water partition coefficient (Wildman–Crippen LogP) is 3.04. The van der Waals surface area contributed by atoms with E-state index in [0.717, 1.165) is 0 Å². The van der Waals surface area contributed by atoms with E-state index in [-0.39, 0.29) is 5.91 Å². The number of amides is 1. The quantitative estimate of drug-likeness (QED) is 0.908. The standard InChI is InChI=1S/C14H17ClN2O/c15-11-6-7-16-12(8-11)14(18)17-13(10-4-5-10)9-2-1-3-9/h6-10,13H,1-5H2,(H,17,18). The molecule has 2 aliphatic rings. The van der Waals surface area contributed by atoms with E-state index in [1.54, 1.807) is 18.3 Å². The summed E-state index contributed by atoms with van der Waals surface area (Å²) in [5, 5.41) is 3.72. The molecule has 1 heterocycles. The minimum Gasteiger partial charge on any atom is -0.347 e. The number of hydrogen-bond acceptors (Lipinski definition) is 2. The van der Waals surface area contributed by atoms with E-state index in [1.807, 2.05) is 0 Å². The smallest absolute Gasteiger partial charge is 0.270 e. The topological polar surface area (TPSA) is 42.0 Å². The molecule has 3 nitrogen and oxygen atoms in total. The van der Waals surface area contributed by atoms with Crippen molar-refractivity contribution in [3.05, 3.63) is 29.0 Å². The molecule has 1 unspecified atom stereocenters. The summed E-state index contributed by atoms with van der Waals surface area (Å²) in [6.07, 6.45) is 7.90. The molecular formula is C14H17ClN2O. The van der Waals surface area contributed by atoms with Gasteiger partial charge in [0.1, 0.15) is 5.69 Å². The zero-order valence-electron chi connectivity index (χ0n) is 10.2. The van der Waals surface area contributed by atoms with Crippen LogP contribution in [-0.4, -0.2) is 16.9 Å². The minimum atomic E-state index is -0.0821. The molecule has 96 valence electrons. The first kappa shape index (κ1) is 12.0. The van der Waals surface area contributed by atoms with Crippen LogP contribution in [0, 0.1) is 11.8 Å². The Labute approximate surface area is 112 Å². The van der Waals surface area contributed by atoms with Gasteiger partial charge in [0, 0.05) is 17.3 Å². The summed E-state index contributed by atoms with van der Waals surface area (Å²) in [6, 6.07) is 3.66. The van der Waals surface area contributed by atoms with Crippen molar-refractivity contribution in [2.24, 2.45) is 11.8 Å². The Morgan fingerprint density at radius 3 is 2.61 bits per heavy atom. The maximum absolute atomic E-state index is 12.2. The average Bonchev–Trinajstić information content (AvgIpc) is 3.09. The first-order chi connectivity index (χ1) is 8.74. The van der Waals surface area contributed by atoms with Crippen molar-refractivity contribution in [1.29, 1.82) is 0 Å². The van der Waals surface area contributed by atoms with Crippen LogP contribution in [0.4, 0.5) is 0 Å². The number of carbonyl (C=O) groups excluding carboxylic acids is 1. The van der Waals surface area contributed by atoms with Gasteiger partial charge in [-0.25, -0.2) is 0 Å². The van der Waals surface area contributed by atoms with Gasteiger partial charge in [0.15, 0.2) is 0 Å². The van der Waals surface area contributed by atoms with Crippen LogP contribution in [0.2, 0.25) is 5.02 Å². The Bertz CT molecular complexity index is 455. The third-order valence-corrected chi connectivity index (χ3v) is 4.28. The largest absolute Gasteiger partial charge is 0.347 e. The van der Waals surface area contributed by atoms with E-state index in [0.29, 0.717) is 28.6 Å². The maximum Gasteiger partial charge on any atom is 0.270 e. The molecule has 2 aliphatic carbocycles. The van der Waals surface area contributed by atoms with E-state index in [4.69, 9.17) is 11.6 Å². The second-order valence-corrected chi connectivity index (χ2v) is 5.82. The predicted molar refractivity (Wildman–Crippen MR) is 70.6 cm³/mol. The van der Waals surface area contributed by atoms with Crippen LogP contribution in [0.15, 0.2) is 18.3 Å².